The Balaban J connectivity index is 1.57. The van der Waals surface area contributed by atoms with Crippen molar-refractivity contribution in [3.05, 3.63) is 65.7 Å². The molecule has 1 heterocycles. The van der Waals surface area contributed by atoms with Crippen LogP contribution in [0.1, 0.15) is 24.0 Å². The van der Waals surface area contributed by atoms with Crippen LogP contribution in [0.5, 0.6) is 0 Å². The number of ether oxygens (including phenoxy) is 2. The maximum atomic E-state index is 12.9. The number of nitrogens with zero attached hydrogens (tertiary/aromatic N) is 1. The molecule has 29 heavy (non-hydrogen) atoms. The molecule has 1 saturated heterocycles. The molecule has 0 saturated carbocycles. The smallest absolute Gasteiger partial charge is 0.322 e. The third-order valence-electron chi connectivity index (χ3n) is 4.90. The molecule has 1 N–H and O–H groups in total. The van der Waals surface area contributed by atoms with Gasteiger partial charge in [-0.25, -0.2) is 4.79 Å². The summed E-state index contributed by atoms with van der Waals surface area (Å²) in [7, 11) is 1.65. The van der Waals surface area contributed by atoms with Crippen molar-refractivity contribution < 1.29 is 14.3 Å². The van der Waals surface area contributed by atoms with Crippen molar-refractivity contribution in [3.63, 3.8) is 0 Å². The predicted molar refractivity (Wildman–Crippen MR) is 119 cm³/mol. The van der Waals surface area contributed by atoms with Gasteiger partial charge in [-0.2, -0.15) is 11.8 Å². The number of benzene rings is 2. The van der Waals surface area contributed by atoms with Crippen LogP contribution in [-0.4, -0.2) is 49.7 Å². The van der Waals surface area contributed by atoms with E-state index >= 15 is 0 Å². The van der Waals surface area contributed by atoms with Gasteiger partial charge in [0.2, 0.25) is 0 Å². The SMILES string of the molecule is COCCN(Cc1ccccc1)C(=O)Nc1cccc(CSC2CCOCC2)c1. The molecule has 0 bridgehead atoms. The number of hydrogen-bond donors (Lipinski definition) is 1. The van der Waals surface area contributed by atoms with Gasteiger partial charge in [-0.05, 0) is 36.1 Å². The van der Waals surface area contributed by atoms with Gasteiger partial charge >= 0.3 is 6.03 Å². The Labute approximate surface area is 177 Å². The number of urea groups is 1. The van der Waals surface area contributed by atoms with Gasteiger partial charge in [-0.1, -0.05) is 42.5 Å². The standard InChI is InChI=1S/C23H30N2O3S/c1-27-15-12-25(17-19-6-3-2-4-7-19)23(26)24-21-9-5-8-20(16-21)18-29-22-10-13-28-14-11-22/h2-9,16,22H,10-15,17-18H2,1H3,(H,24,26). The summed E-state index contributed by atoms with van der Waals surface area (Å²) in [5, 5.41) is 3.72. The number of hydrogen-bond acceptors (Lipinski definition) is 4. The molecule has 0 spiro atoms. The molecule has 2 aromatic carbocycles. The predicted octanol–water partition coefficient (Wildman–Crippen LogP) is 4.78. The summed E-state index contributed by atoms with van der Waals surface area (Å²) in [6.07, 6.45) is 2.24. The Morgan fingerprint density at radius 1 is 1.14 bits per heavy atom. The lowest BCUT2D eigenvalue weighted by Gasteiger charge is -2.23. The van der Waals surface area contributed by atoms with E-state index in [-0.39, 0.29) is 6.03 Å². The molecule has 0 aliphatic carbocycles. The second-order valence-corrected chi connectivity index (χ2v) is 8.44. The molecule has 5 nitrogen and oxygen atoms in total. The lowest BCUT2D eigenvalue weighted by molar-refractivity contribution is 0.1000. The van der Waals surface area contributed by atoms with Gasteiger partial charge in [-0.15, -0.1) is 0 Å². The van der Waals surface area contributed by atoms with Crippen LogP contribution in [0.4, 0.5) is 10.5 Å². The summed E-state index contributed by atoms with van der Waals surface area (Å²) in [6.45, 7) is 3.33. The van der Waals surface area contributed by atoms with Crippen LogP contribution in [0.25, 0.3) is 0 Å². The van der Waals surface area contributed by atoms with E-state index in [4.69, 9.17) is 9.47 Å². The second kappa shape index (κ2) is 11.9. The van der Waals surface area contributed by atoms with E-state index in [1.54, 1.807) is 12.0 Å². The molecule has 0 radical (unpaired) electrons. The number of rotatable bonds is 9. The second-order valence-electron chi connectivity index (χ2n) is 7.15. The number of carbonyl (C=O) groups is 1. The fourth-order valence-corrected chi connectivity index (χ4v) is 4.39. The number of anilines is 1. The van der Waals surface area contributed by atoms with Gasteiger partial charge in [0.1, 0.15) is 0 Å². The van der Waals surface area contributed by atoms with Crippen LogP contribution in [0, 0.1) is 0 Å². The lowest BCUT2D eigenvalue weighted by Crippen LogP contribution is -2.36. The molecule has 1 aliphatic heterocycles. The van der Waals surface area contributed by atoms with E-state index in [1.165, 1.54) is 5.56 Å². The van der Waals surface area contributed by atoms with Crippen LogP contribution >= 0.6 is 11.8 Å². The molecular formula is C23H30N2O3S. The first-order chi connectivity index (χ1) is 14.2. The van der Waals surface area contributed by atoms with Crippen molar-refractivity contribution in [2.75, 3.05) is 38.8 Å². The number of methoxy groups -OCH3 is 1. The van der Waals surface area contributed by atoms with Crippen LogP contribution in [-0.2, 0) is 21.8 Å². The fraction of sp³-hybridized carbons (Fsp3) is 0.435. The molecule has 1 fully saturated rings. The highest BCUT2D eigenvalue weighted by atomic mass is 32.2. The van der Waals surface area contributed by atoms with Gasteiger partial charge in [0, 0.05) is 50.1 Å². The minimum atomic E-state index is -0.111. The van der Waals surface area contributed by atoms with E-state index in [1.807, 2.05) is 54.2 Å². The zero-order valence-electron chi connectivity index (χ0n) is 17.0. The maximum Gasteiger partial charge on any atom is 0.322 e. The number of nitrogens with one attached hydrogen (secondary N) is 1. The number of amides is 2. The summed E-state index contributed by atoms with van der Waals surface area (Å²) >= 11 is 1.98. The van der Waals surface area contributed by atoms with Crippen LogP contribution in [0.15, 0.2) is 54.6 Å². The van der Waals surface area contributed by atoms with Crippen molar-refractivity contribution in [1.82, 2.24) is 4.90 Å². The Bertz CT molecular complexity index is 751. The molecule has 2 amide bonds. The summed E-state index contributed by atoms with van der Waals surface area (Å²) in [6, 6.07) is 18.0. The van der Waals surface area contributed by atoms with Crippen LogP contribution in [0.3, 0.4) is 0 Å². The summed E-state index contributed by atoms with van der Waals surface area (Å²) in [4.78, 5) is 14.7. The van der Waals surface area contributed by atoms with Gasteiger partial charge < -0.3 is 19.7 Å². The quantitative estimate of drug-likeness (QED) is 0.642. The molecular weight excluding hydrogens is 384 g/mol. The molecule has 3 rings (SSSR count). The van der Waals surface area contributed by atoms with E-state index in [0.29, 0.717) is 24.9 Å². The third kappa shape index (κ3) is 7.38. The molecule has 0 atom stereocenters. The molecule has 1 aliphatic rings. The Morgan fingerprint density at radius 3 is 2.66 bits per heavy atom. The van der Waals surface area contributed by atoms with Crippen molar-refractivity contribution in [2.45, 2.75) is 30.4 Å². The topological polar surface area (TPSA) is 50.8 Å². The Kier molecular flexibility index (Phi) is 8.86. The largest absolute Gasteiger partial charge is 0.383 e. The van der Waals surface area contributed by atoms with Gasteiger partial charge in [0.25, 0.3) is 0 Å². The number of thioether (sulfide) groups is 1. The molecule has 2 aromatic rings. The highest BCUT2D eigenvalue weighted by Crippen LogP contribution is 2.26. The van der Waals surface area contributed by atoms with Crippen molar-refractivity contribution in [2.24, 2.45) is 0 Å². The minimum Gasteiger partial charge on any atom is -0.383 e. The van der Waals surface area contributed by atoms with E-state index in [2.05, 4.69) is 17.4 Å². The lowest BCUT2D eigenvalue weighted by atomic mass is 10.2. The van der Waals surface area contributed by atoms with E-state index < -0.39 is 0 Å². The molecule has 156 valence electrons. The number of carbonyl (C=O) groups excluding carboxylic acids is 1. The first-order valence-electron chi connectivity index (χ1n) is 10.1. The fourth-order valence-electron chi connectivity index (χ4n) is 3.26. The first-order valence-corrected chi connectivity index (χ1v) is 11.2. The van der Waals surface area contributed by atoms with Crippen LogP contribution in [0.2, 0.25) is 0 Å². The van der Waals surface area contributed by atoms with Crippen molar-refractivity contribution in [3.8, 4) is 0 Å². The van der Waals surface area contributed by atoms with Gasteiger partial charge in [-0.3, -0.25) is 0 Å². The monoisotopic (exact) mass is 414 g/mol. The van der Waals surface area contributed by atoms with E-state index in [0.717, 1.165) is 43.1 Å². The normalized spacial score (nSPS) is 14.5. The Hall–Kier alpha value is -2.02. The average Bonchev–Trinajstić information content (AvgIpc) is 2.77. The van der Waals surface area contributed by atoms with Crippen molar-refractivity contribution >= 4 is 23.5 Å². The summed E-state index contributed by atoms with van der Waals surface area (Å²) < 4.78 is 10.6. The Morgan fingerprint density at radius 2 is 1.90 bits per heavy atom. The molecule has 0 aromatic heterocycles. The average molecular weight is 415 g/mol. The van der Waals surface area contributed by atoms with E-state index in [9.17, 15) is 4.79 Å². The minimum absolute atomic E-state index is 0.111. The first kappa shape index (κ1) is 21.7. The molecule has 6 heteroatoms. The van der Waals surface area contributed by atoms with Crippen molar-refractivity contribution in [1.29, 1.82) is 0 Å². The van der Waals surface area contributed by atoms with Crippen LogP contribution < -0.4 is 5.32 Å². The zero-order chi connectivity index (χ0) is 20.3. The summed E-state index contributed by atoms with van der Waals surface area (Å²) in [5.41, 5.74) is 3.15. The summed E-state index contributed by atoms with van der Waals surface area (Å²) in [5.74, 6) is 0.950. The molecule has 0 unspecified atom stereocenters. The zero-order valence-corrected chi connectivity index (χ0v) is 17.8. The highest BCUT2D eigenvalue weighted by molar-refractivity contribution is 7.99. The van der Waals surface area contributed by atoms with Gasteiger partial charge in [0.15, 0.2) is 0 Å². The highest BCUT2D eigenvalue weighted by Gasteiger charge is 2.16. The maximum absolute atomic E-state index is 12.9. The van der Waals surface area contributed by atoms with Gasteiger partial charge in [0.05, 0.1) is 6.61 Å². The third-order valence-corrected chi connectivity index (χ3v) is 6.34.